The van der Waals surface area contributed by atoms with Crippen molar-refractivity contribution in [2.75, 3.05) is 28.2 Å². The molecule has 8 heavy (non-hydrogen) atoms. The molecule has 3 heteroatoms. The van der Waals surface area contributed by atoms with Crippen LogP contribution in [0.2, 0.25) is 0 Å². The van der Waals surface area contributed by atoms with E-state index >= 15 is 0 Å². The summed E-state index contributed by atoms with van der Waals surface area (Å²) in [6.07, 6.45) is 0. The van der Waals surface area contributed by atoms with Crippen molar-refractivity contribution in [2.24, 2.45) is 0 Å². The van der Waals surface area contributed by atoms with Gasteiger partial charge in [-0.05, 0) is 28.2 Å². The monoisotopic (exact) mass is 129 g/mol. The highest BCUT2D eigenvalue weighted by molar-refractivity contribution is 6.11. The van der Waals surface area contributed by atoms with Gasteiger partial charge in [0.15, 0.2) is 0 Å². The van der Waals surface area contributed by atoms with Crippen LogP contribution in [-0.2, 0) is 0 Å². The molecule has 0 spiro atoms. The third-order valence-corrected chi connectivity index (χ3v) is 2.01. The topological polar surface area (TPSA) is 6.48 Å². The van der Waals surface area contributed by atoms with Gasteiger partial charge in [-0.2, -0.15) is 0 Å². The average molecular weight is 129 g/mol. The summed E-state index contributed by atoms with van der Waals surface area (Å²) in [5.41, 5.74) is 0. The highest BCUT2D eigenvalue weighted by Gasteiger charge is 2.04. The van der Waals surface area contributed by atoms with Crippen LogP contribution < -0.4 is 0 Å². The van der Waals surface area contributed by atoms with E-state index in [4.69, 9.17) is 0 Å². The molecule has 3 radical (unpaired) electrons. The average Bonchev–Trinajstić information content (AvgIpc) is 1.64. The summed E-state index contributed by atoms with van der Waals surface area (Å²) in [5, 5.41) is 0. The fraction of sp³-hybridized carbons (Fsp3) is 1.00. The molecular formula is C5H13N2Si. The van der Waals surface area contributed by atoms with Crippen molar-refractivity contribution < 1.29 is 0 Å². The van der Waals surface area contributed by atoms with Gasteiger partial charge >= 0.3 is 0 Å². The second kappa shape index (κ2) is 3.22. The number of rotatable bonds is 2. The van der Waals surface area contributed by atoms with Gasteiger partial charge in [-0.3, -0.25) is 9.80 Å². The Balaban J connectivity index is 3.46. The zero-order valence-electron chi connectivity index (χ0n) is 5.97. The van der Waals surface area contributed by atoms with E-state index in [1.165, 1.54) is 0 Å². The predicted octanol–water partition coefficient (Wildman–Crippen LogP) is -0.438. The van der Waals surface area contributed by atoms with Crippen LogP contribution in [0.15, 0.2) is 0 Å². The van der Waals surface area contributed by atoms with Crippen molar-refractivity contribution in [3.8, 4) is 0 Å². The Hall–Kier alpha value is 0.137. The molecule has 0 heterocycles. The molecule has 0 aromatic rings. The molecule has 0 saturated heterocycles. The molecule has 0 bridgehead atoms. The number of nitrogens with zero attached hydrogens (tertiary/aromatic N) is 2. The van der Waals surface area contributed by atoms with Crippen LogP contribution in [0.25, 0.3) is 0 Å². The minimum atomic E-state index is 0.343. The molecule has 47 valence electrons. The maximum atomic E-state index is 3.51. The highest BCUT2D eigenvalue weighted by Crippen LogP contribution is 1.87. The molecule has 0 rings (SSSR count). The largest absolute Gasteiger partial charge is 0.298 e. The number of hydrogen-bond acceptors (Lipinski definition) is 2. The van der Waals surface area contributed by atoms with Gasteiger partial charge in [0.25, 0.3) is 0 Å². The first-order valence-corrected chi connectivity index (χ1v) is 3.17. The van der Waals surface area contributed by atoms with Crippen molar-refractivity contribution in [1.29, 1.82) is 0 Å². The molecule has 0 aliphatic rings. The standard InChI is InChI=1S/C5H13N2Si/c1-6(2)5(8)7(3)4/h5H,1-4H3. The Morgan fingerprint density at radius 3 is 1.25 bits per heavy atom. The summed E-state index contributed by atoms with van der Waals surface area (Å²) in [6.45, 7) is 0. The van der Waals surface area contributed by atoms with Gasteiger partial charge < -0.3 is 0 Å². The summed E-state index contributed by atoms with van der Waals surface area (Å²) in [5.74, 6) is 0.343. The quantitative estimate of drug-likeness (QED) is 0.368. The molecule has 0 unspecified atom stereocenters. The lowest BCUT2D eigenvalue weighted by Gasteiger charge is -2.26. The van der Waals surface area contributed by atoms with E-state index in [2.05, 4.69) is 20.0 Å². The van der Waals surface area contributed by atoms with Gasteiger partial charge in [-0.25, -0.2) is 0 Å². The van der Waals surface area contributed by atoms with Crippen molar-refractivity contribution in [2.45, 2.75) is 5.79 Å². The number of hydrogen-bond donors (Lipinski definition) is 0. The lowest BCUT2D eigenvalue weighted by atomic mass is 10.8. The molecule has 0 aliphatic heterocycles. The normalized spacial score (nSPS) is 12.0. The minimum absolute atomic E-state index is 0.343. The van der Waals surface area contributed by atoms with Gasteiger partial charge in [0.2, 0.25) is 0 Å². The lowest BCUT2D eigenvalue weighted by Crippen LogP contribution is -2.40. The Kier molecular flexibility index (Phi) is 3.27. The van der Waals surface area contributed by atoms with Crippen LogP contribution in [0.3, 0.4) is 0 Å². The first-order chi connectivity index (χ1) is 3.55. The van der Waals surface area contributed by atoms with Crippen LogP contribution in [0.4, 0.5) is 0 Å². The summed E-state index contributed by atoms with van der Waals surface area (Å²) in [6, 6.07) is 0. The highest BCUT2D eigenvalue weighted by atomic mass is 28.1. The van der Waals surface area contributed by atoms with E-state index < -0.39 is 0 Å². The predicted molar refractivity (Wildman–Crippen MR) is 36.9 cm³/mol. The second-order valence-corrected chi connectivity index (χ2v) is 2.82. The van der Waals surface area contributed by atoms with Crippen LogP contribution in [0.1, 0.15) is 0 Å². The van der Waals surface area contributed by atoms with Crippen molar-refractivity contribution in [3.63, 3.8) is 0 Å². The molecule has 0 aromatic heterocycles. The fourth-order valence-electron chi connectivity index (χ4n) is 0.462. The molecule has 0 aliphatic carbocycles. The first kappa shape index (κ1) is 8.14. The lowest BCUT2D eigenvalue weighted by molar-refractivity contribution is 0.204. The first-order valence-electron chi connectivity index (χ1n) is 2.59. The van der Waals surface area contributed by atoms with E-state index in [9.17, 15) is 0 Å². The van der Waals surface area contributed by atoms with E-state index in [1.807, 2.05) is 28.2 Å². The molecule has 0 atom stereocenters. The molecule has 0 amide bonds. The van der Waals surface area contributed by atoms with E-state index in [0.717, 1.165) is 0 Å². The third kappa shape index (κ3) is 2.45. The summed E-state index contributed by atoms with van der Waals surface area (Å²) in [4.78, 5) is 4.16. The van der Waals surface area contributed by atoms with Gasteiger partial charge in [0, 0.05) is 5.79 Å². The van der Waals surface area contributed by atoms with Crippen molar-refractivity contribution in [3.05, 3.63) is 0 Å². The van der Waals surface area contributed by atoms with Gasteiger partial charge in [-0.1, -0.05) is 0 Å². The molecule has 0 aromatic carbocycles. The molecular weight excluding hydrogens is 116 g/mol. The van der Waals surface area contributed by atoms with Gasteiger partial charge in [0.1, 0.15) is 0 Å². The third-order valence-electron chi connectivity index (χ3n) is 0.978. The maximum absolute atomic E-state index is 3.51. The summed E-state index contributed by atoms with van der Waals surface area (Å²) < 4.78 is 0. The smallest absolute Gasteiger partial charge is 0.0702 e. The van der Waals surface area contributed by atoms with E-state index in [1.54, 1.807) is 0 Å². The van der Waals surface area contributed by atoms with Crippen LogP contribution in [0.5, 0.6) is 0 Å². The van der Waals surface area contributed by atoms with Gasteiger partial charge in [-0.15, -0.1) is 0 Å². The zero-order chi connectivity index (χ0) is 6.73. The Morgan fingerprint density at radius 1 is 1.00 bits per heavy atom. The van der Waals surface area contributed by atoms with Crippen molar-refractivity contribution >= 4 is 10.2 Å². The maximum Gasteiger partial charge on any atom is 0.0702 e. The SMILES string of the molecule is CN(C)C([Si])N(C)C. The summed E-state index contributed by atoms with van der Waals surface area (Å²) in [7, 11) is 11.6. The van der Waals surface area contributed by atoms with E-state index in [-0.39, 0.29) is 0 Å². The summed E-state index contributed by atoms with van der Waals surface area (Å²) >= 11 is 0. The van der Waals surface area contributed by atoms with Gasteiger partial charge in [0.05, 0.1) is 10.2 Å². The van der Waals surface area contributed by atoms with Crippen molar-refractivity contribution in [1.82, 2.24) is 9.80 Å². The fourth-order valence-corrected chi connectivity index (χ4v) is 0.462. The van der Waals surface area contributed by atoms with Crippen LogP contribution in [-0.4, -0.2) is 54.0 Å². The zero-order valence-corrected chi connectivity index (χ0v) is 6.97. The molecule has 0 N–H and O–H groups in total. The second-order valence-electron chi connectivity index (χ2n) is 2.30. The molecule has 0 saturated carbocycles. The van der Waals surface area contributed by atoms with E-state index in [0.29, 0.717) is 5.79 Å². The molecule has 0 fully saturated rings. The Bertz CT molecular complexity index is 55.4. The van der Waals surface area contributed by atoms with Crippen LogP contribution in [0, 0.1) is 0 Å². The van der Waals surface area contributed by atoms with Crippen LogP contribution >= 0.6 is 0 Å². The minimum Gasteiger partial charge on any atom is -0.298 e. The Labute approximate surface area is 54.9 Å². The Morgan fingerprint density at radius 2 is 1.25 bits per heavy atom. The molecule has 2 nitrogen and oxygen atoms in total.